The summed E-state index contributed by atoms with van der Waals surface area (Å²) in [6.07, 6.45) is 7.32. The summed E-state index contributed by atoms with van der Waals surface area (Å²) in [5, 5.41) is 4.19. The van der Waals surface area contributed by atoms with E-state index in [1.165, 1.54) is 6.33 Å². The zero-order chi connectivity index (χ0) is 13.8. The van der Waals surface area contributed by atoms with Crippen molar-refractivity contribution in [2.45, 2.75) is 13.8 Å². The van der Waals surface area contributed by atoms with E-state index >= 15 is 0 Å². The van der Waals surface area contributed by atoms with Crippen LogP contribution in [0.25, 0.3) is 11.2 Å². The van der Waals surface area contributed by atoms with Crippen LogP contribution < -0.4 is 4.74 Å². The lowest BCUT2D eigenvalue weighted by Gasteiger charge is -2.13. The first kappa shape index (κ1) is 13.1. The highest BCUT2D eigenvalue weighted by Gasteiger charge is 2.13. The van der Waals surface area contributed by atoms with E-state index in [9.17, 15) is 0 Å². The Kier molecular flexibility index (Phi) is 3.80. The Labute approximate surface area is 112 Å². The third-order valence-electron chi connectivity index (χ3n) is 2.96. The first-order chi connectivity index (χ1) is 9.22. The van der Waals surface area contributed by atoms with E-state index in [0.29, 0.717) is 5.88 Å². The summed E-state index contributed by atoms with van der Waals surface area (Å²) >= 11 is 0. The number of hydrogen-bond donors (Lipinski definition) is 0. The molecule has 0 aromatic carbocycles. The van der Waals surface area contributed by atoms with Gasteiger partial charge in [0.15, 0.2) is 5.65 Å². The molecule has 19 heavy (non-hydrogen) atoms. The summed E-state index contributed by atoms with van der Waals surface area (Å²) in [5.74, 6) is 0.680. The Morgan fingerprint density at radius 1 is 1.42 bits per heavy atom. The molecule has 0 bridgehead atoms. The Hall–Kier alpha value is -2.36. The van der Waals surface area contributed by atoms with Crippen molar-refractivity contribution in [3.05, 3.63) is 54.4 Å². The molecule has 2 rings (SSSR count). The second-order valence-electron chi connectivity index (χ2n) is 4.07. The number of fused-ring (bicyclic) bond motifs is 1. The molecule has 0 aliphatic heterocycles. The van der Waals surface area contributed by atoms with Gasteiger partial charge >= 0.3 is 0 Å². The van der Waals surface area contributed by atoms with Crippen molar-refractivity contribution in [2.24, 2.45) is 0 Å². The number of rotatable bonds is 4. The Balaban J connectivity index is 2.67. The Bertz CT molecular complexity index is 665. The largest absolute Gasteiger partial charge is 0.480 e. The topological polar surface area (TPSA) is 39.4 Å². The van der Waals surface area contributed by atoms with E-state index in [-0.39, 0.29) is 0 Å². The molecular weight excluding hydrogens is 238 g/mol. The maximum atomic E-state index is 5.49. The van der Waals surface area contributed by atoms with Crippen LogP contribution in [-0.2, 0) is 0 Å². The van der Waals surface area contributed by atoms with Gasteiger partial charge in [-0.1, -0.05) is 24.8 Å². The molecule has 0 amide bonds. The van der Waals surface area contributed by atoms with Gasteiger partial charge in [-0.25, -0.2) is 4.98 Å². The van der Waals surface area contributed by atoms with Gasteiger partial charge in [-0.15, -0.1) is 0 Å². The van der Waals surface area contributed by atoms with Crippen molar-refractivity contribution in [1.82, 2.24) is 14.6 Å². The van der Waals surface area contributed by atoms with Crippen LogP contribution in [0.2, 0.25) is 0 Å². The van der Waals surface area contributed by atoms with Gasteiger partial charge in [-0.05, 0) is 37.1 Å². The molecule has 2 aromatic heterocycles. The number of nitrogens with zero attached hydrogens (tertiary/aromatic N) is 3. The molecule has 0 aliphatic rings. The fourth-order valence-corrected chi connectivity index (χ4v) is 2.13. The van der Waals surface area contributed by atoms with Crippen LogP contribution in [0, 0.1) is 0 Å². The average Bonchev–Trinajstić information content (AvgIpc) is 2.88. The Morgan fingerprint density at radius 3 is 2.84 bits per heavy atom. The number of aromatic nitrogens is 3. The first-order valence-corrected chi connectivity index (χ1v) is 6.06. The molecule has 0 spiro atoms. The first-order valence-electron chi connectivity index (χ1n) is 6.06. The van der Waals surface area contributed by atoms with Crippen molar-refractivity contribution in [3.63, 3.8) is 0 Å². The lowest BCUT2D eigenvalue weighted by Crippen LogP contribution is -2.01. The molecule has 0 N–H and O–H groups in total. The lowest BCUT2D eigenvalue weighted by atomic mass is 9.99. The molecule has 0 fully saturated rings. The molecule has 2 aromatic rings. The van der Waals surface area contributed by atoms with Crippen LogP contribution in [0.1, 0.15) is 19.4 Å². The minimum Gasteiger partial charge on any atom is -0.480 e. The van der Waals surface area contributed by atoms with Gasteiger partial charge in [0.2, 0.25) is 5.88 Å². The molecule has 2 heterocycles. The molecule has 98 valence electrons. The van der Waals surface area contributed by atoms with Gasteiger partial charge in [0.1, 0.15) is 6.33 Å². The summed E-state index contributed by atoms with van der Waals surface area (Å²) in [6.45, 7) is 7.78. The number of allylic oxidation sites excluding steroid dienone is 5. The molecule has 0 aliphatic carbocycles. The molecule has 0 saturated heterocycles. The van der Waals surface area contributed by atoms with Gasteiger partial charge in [0.05, 0.1) is 7.11 Å². The molecule has 4 nitrogen and oxygen atoms in total. The van der Waals surface area contributed by atoms with Crippen molar-refractivity contribution in [1.29, 1.82) is 0 Å². The zero-order valence-electron chi connectivity index (χ0n) is 11.4. The summed E-state index contributed by atoms with van der Waals surface area (Å²) < 4.78 is 7.19. The number of hydrogen-bond acceptors (Lipinski definition) is 3. The van der Waals surface area contributed by atoms with Crippen molar-refractivity contribution >= 4 is 11.2 Å². The second-order valence-corrected chi connectivity index (χ2v) is 4.07. The van der Waals surface area contributed by atoms with E-state index < -0.39 is 0 Å². The van der Waals surface area contributed by atoms with Crippen LogP contribution in [0.4, 0.5) is 0 Å². The smallest absolute Gasteiger partial charge is 0.224 e. The predicted molar refractivity (Wildman–Crippen MR) is 77.1 cm³/mol. The normalized spacial score (nSPS) is 12.8. The highest BCUT2D eigenvalue weighted by molar-refractivity contribution is 5.81. The quantitative estimate of drug-likeness (QED) is 0.787. The van der Waals surface area contributed by atoms with Crippen molar-refractivity contribution < 1.29 is 4.74 Å². The third-order valence-corrected chi connectivity index (χ3v) is 2.96. The second kappa shape index (κ2) is 5.52. The number of ether oxygens (including phenoxy) is 1. The van der Waals surface area contributed by atoms with E-state index in [4.69, 9.17) is 4.74 Å². The molecule has 0 radical (unpaired) electrons. The summed E-state index contributed by atoms with van der Waals surface area (Å²) in [7, 11) is 1.64. The van der Waals surface area contributed by atoms with Crippen molar-refractivity contribution in [3.8, 4) is 5.88 Å². The van der Waals surface area contributed by atoms with E-state index in [0.717, 1.165) is 22.4 Å². The molecule has 4 heteroatoms. The maximum absolute atomic E-state index is 5.49. The van der Waals surface area contributed by atoms with Crippen LogP contribution in [0.3, 0.4) is 0 Å². The van der Waals surface area contributed by atoms with Crippen LogP contribution in [0.5, 0.6) is 5.88 Å². The zero-order valence-corrected chi connectivity index (χ0v) is 11.4. The minimum atomic E-state index is 0.680. The molecule has 0 atom stereocenters. The van der Waals surface area contributed by atoms with Crippen LogP contribution >= 0.6 is 0 Å². The fraction of sp³-hybridized carbons (Fsp3) is 0.200. The molecule has 0 unspecified atom stereocenters. The molecule has 0 saturated carbocycles. The summed E-state index contributed by atoms with van der Waals surface area (Å²) in [4.78, 5) is 4.16. The van der Waals surface area contributed by atoms with Gasteiger partial charge < -0.3 is 4.74 Å². The van der Waals surface area contributed by atoms with E-state index in [2.05, 4.69) is 22.7 Å². The lowest BCUT2D eigenvalue weighted by molar-refractivity contribution is 0.384. The fourth-order valence-electron chi connectivity index (χ4n) is 2.13. The highest BCUT2D eigenvalue weighted by atomic mass is 16.5. The SMILES string of the molecule is C=C/C=C(C)/C(=C\C)c1ccc2ncnn2c1OC. The number of methoxy groups -OCH3 is 1. The van der Waals surface area contributed by atoms with Gasteiger partial charge in [-0.2, -0.15) is 9.61 Å². The van der Waals surface area contributed by atoms with Crippen LogP contribution in [0.15, 0.2) is 48.8 Å². The summed E-state index contributed by atoms with van der Waals surface area (Å²) in [5.41, 5.74) is 3.96. The van der Waals surface area contributed by atoms with Gasteiger partial charge in [0, 0.05) is 5.56 Å². The predicted octanol–water partition coefficient (Wildman–Crippen LogP) is 3.27. The van der Waals surface area contributed by atoms with Crippen molar-refractivity contribution in [2.75, 3.05) is 7.11 Å². The highest BCUT2D eigenvalue weighted by Crippen LogP contribution is 2.31. The van der Waals surface area contributed by atoms with Crippen LogP contribution in [-0.4, -0.2) is 21.7 Å². The van der Waals surface area contributed by atoms with Gasteiger partial charge in [0.25, 0.3) is 0 Å². The third kappa shape index (κ3) is 2.29. The summed E-state index contributed by atoms with van der Waals surface area (Å²) in [6, 6.07) is 3.92. The van der Waals surface area contributed by atoms with Gasteiger partial charge in [-0.3, -0.25) is 0 Å². The standard InChI is InChI=1S/C15H17N3O/c1-5-7-11(3)12(6-2)13-8-9-14-16-10-17-18(14)15(13)19-4/h5-10H,1H2,2-4H3/b11-7+,12-6+. The van der Waals surface area contributed by atoms with E-state index in [1.54, 1.807) is 17.7 Å². The van der Waals surface area contributed by atoms with E-state index in [1.807, 2.05) is 32.1 Å². The Morgan fingerprint density at radius 2 is 2.21 bits per heavy atom. The average molecular weight is 255 g/mol. The minimum absolute atomic E-state index is 0.680. The number of pyridine rings is 1. The monoisotopic (exact) mass is 255 g/mol. The maximum Gasteiger partial charge on any atom is 0.224 e. The molecular formula is C15H17N3O.